The molecule has 2 fully saturated rings. The zero-order valence-corrected chi connectivity index (χ0v) is 8.21. The van der Waals surface area contributed by atoms with E-state index < -0.39 is 0 Å². The molecule has 3 nitrogen and oxygen atoms in total. The Morgan fingerprint density at radius 1 is 1.31 bits per heavy atom. The first-order valence-corrected chi connectivity index (χ1v) is 5.37. The van der Waals surface area contributed by atoms with Crippen molar-refractivity contribution < 1.29 is 5.11 Å². The molecule has 0 amide bonds. The molecule has 1 aliphatic carbocycles. The monoisotopic (exact) mass is 184 g/mol. The van der Waals surface area contributed by atoms with Crippen LogP contribution in [0.15, 0.2) is 0 Å². The highest BCUT2D eigenvalue weighted by Crippen LogP contribution is 2.30. The third kappa shape index (κ3) is 2.22. The molecule has 3 heteroatoms. The van der Waals surface area contributed by atoms with E-state index in [9.17, 15) is 5.11 Å². The summed E-state index contributed by atoms with van der Waals surface area (Å²) in [6, 6.07) is 0.848. The average Bonchev–Trinajstić information content (AvgIpc) is 2.91. The van der Waals surface area contributed by atoms with E-state index in [0.717, 1.165) is 31.8 Å². The number of nitrogens with zero attached hydrogens (tertiary/aromatic N) is 1. The summed E-state index contributed by atoms with van der Waals surface area (Å²) in [7, 11) is 0. The van der Waals surface area contributed by atoms with Gasteiger partial charge in [0.05, 0.1) is 6.61 Å². The van der Waals surface area contributed by atoms with Crippen LogP contribution in [0.2, 0.25) is 0 Å². The lowest BCUT2D eigenvalue weighted by Crippen LogP contribution is -2.44. The summed E-state index contributed by atoms with van der Waals surface area (Å²) in [6.07, 6.45) is 5.83. The second-order valence-corrected chi connectivity index (χ2v) is 4.64. The van der Waals surface area contributed by atoms with Crippen molar-refractivity contribution in [2.75, 3.05) is 19.7 Å². The van der Waals surface area contributed by atoms with E-state index in [-0.39, 0.29) is 12.1 Å². The molecule has 0 radical (unpaired) electrons. The molecule has 1 saturated heterocycles. The molecule has 0 spiro atoms. The minimum atomic E-state index is -0.288. The van der Waals surface area contributed by atoms with Crippen LogP contribution >= 0.6 is 0 Å². The van der Waals surface area contributed by atoms with E-state index in [1.165, 1.54) is 19.4 Å². The van der Waals surface area contributed by atoms with Gasteiger partial charge in [0, 0.05) is 18.1 Å². The van der Waals surface area contributed by atoms with Gasteiger partial charge in [-0.25, -0.2) is 0 Å². The Kier molecular flexibility index (Phi) is 2.58. The highest BCUT2D eigenvalue weighted by Gasteiger charge is 2.34. The van der Waals surface area contributed by atoms with Crippen molar-refractivity contribution in [2.24, 2.45) is 5.73 Å². The first kappa shape index (κ1) is 9.44. The Labute approximate surface area is 79.9 Å². The van der Waals surface area contributed by atoms with E-state index >= 15 is 0 Å². The molecule has 2 aliphatic rings. The zero-order chi connectivity index (χ0) is 9.31. The molecular formula is C10H20N2O. The first-order valence-electron chi connectivity index (χ1n) is 5.37. The second kappa shape index (κ2) is 3.56. The van der Waals surface area contributed by atoms with Crippen molar-refractivity contribution in [3.63, 3.8) is 0 Å². The summed E-state index contributed by atoms with van der Waals surface area (Å²) in [5.41, 5.74) is 5.78. The maximum atomic E-state index is 9.17. The number of hydrogen-bond donors (Lipinski definition) is 2. The van der Waals surface area contributed by atoms with Crippen molar-refractivity contribution in [3.05, 3.63) is 0 Å². The summed E-state index contributed by atoms with van der Waals surface area (Å²) in [4.78, 5) is 2.55. The van der Waals surface area contributed by atoms with Gasteiger partial charge in [0.25, 0.3) is 0 Å². The van der Waals surface area contributed by atoms with Gasteiger partial charge in [-0.05, 0) is 38.6 Å². The molecule has 0 aromatic heterocycles. The number of hydrogen-bond acceptors (Lipinski definition) is 3. The Hall–Kier alpha value is -0.120. The van der Waals surface area contributed by atoms with Gasteiger partial charge in [-0.2, -0.15) is 0 Å². The third-order valence-corrected chi connectivity index (χ3v) is 3.40. The van der Waals surface area contributed by atoms with E-state index in [4.69, 9.17) is 5.73 Å². The average molecular weight is 184 g/mol. The van der Waals surface area contributed by atoms with Crippen LogP contribution in [0.4, 0.5) is 0 Å². The van der Waals surface area contributed by atoms with E-state index in [1.807, 2.05) is 0 Å². The predicted octanol–water partition coefficient (Wildman–Crippen LogP) is 0.324. The summed E-state index contributed by atoms with van der Waals surface area (Å²) < 4.78 is 0. The maximum Gasteiger partial charge on any atom is 0.0611 e. The lowest BCUT2D eigenvalue weighted by atomic mass is 9.93. The van der Waals surface area contributed by atoms with Crippen molar-refractivity contribution in [1.29, 1.82) is 0 Å². The molecule has 76 valence electrons. The van der Waals surface area contributed by atoms with Crippen LogP contribution in [0.1, 0.15) is 32.1 Å². The Bertz CT molecular complexity index is 182. The number of nitrogens with two attached hydrogens (primary N) is 1. The van der Waals surface area contributed by atoms with Gasteiger partial charge in [0.2, 0.25) is 0 Å². The van der Waals surface area contributed by atoms with E-state index in [2.05, 4.69) is 4.90 Å². The predicted molar refractivity (Wildman–Crippen MR) is 52.5 cm³/mol. The number of aliphatic hydroxyl groups excluding tert-OH is 1. The molecule has 1 saturated carbocycles. The lowest BCUT2D eigenvalue weighted by molar-refractivity contribution is 0.177. The topological polar surface area (TPSA) is 49.5 Å². The van der Waals surface area contributed by atoms with Crippen LogP contribution in [-0.4, -0.2) is 41.3 Å². The SMILES string of the molecule is NC1(CO)CCCN(C2CC2)CC1. The highest BCUT2D eigenvalue weighted by molar-refractivity contribution is 4.92. The summed E-state index contributed by atoms with van der Waals surface area (Å²) in [5, 5.41) is 9.17. The minimum absolute atomic E-state index is 0.144. The normalized spacial score (nSPS) is 37.4. The van der Waals surface area contributed by atoms with Crippen LogP contribution in [0.5, 0.6) is 0 Å². The van der Waals surface area contributed by atoms with Crippen LogP contribution < -0.4 is 5.73 Å². The maximum absolute atomic E-state index is 9.17. The molecule has 13 heavy (non-hydrogen) atoms. The van der Waals surface area contributed by atoms with E-state index in [0.29, 0.717) is 0 Å². The van der Waals surface area contributed by atoms with Crippen LogP contribution in [-0.2, 0) is 0 Å². The fraction of sp³-hybridized carbons (Fsp3) is 1.00. The van der Waals surface area contributed by atoms with Crippen molar-refractivity contribution >= 4 is 0 Å². The van der Waals surface area contributed by atoms with Crippen molar-refractivity contribution in [1.82, 2.24) is 4.90 Å². The minimum Gasteiger partial charge on any atom is -0.394 e. The van der Waals surface area contributed by atoms with Gasteiger partial charge >= 0.3 is 0 Å². The van der Waals surface area contributed by atoms with E-state index in [1.54, 1.807) is 0 Å². The molecule has 1 heterocycles. The lowest BCUT2D eigenvalue weighted by Gasteiger charge is -2.25. The quantitative estimate of drug-likeness (QED) is 0.650. The molecule has 0 aromatic carbocycles. The van der Waals surface area contributed by atoms with Gasteiger partial charge in [0.1, 0.15) is 0 Å². The first-order chi connectivity index (χ1) is 6.23. The Balaban J connectivity index is 1.88. The molecule has 2 rings (SSSR count). The van der Waals surface area contributed by atoms with Gasteiger partial charge < -0.3 is 15.7 Å². The standard InChI is InChI=1S/C10H20N2O/c11-10(8-13)4-1-6-12(7-5-10)9-2-3-9/h9,13H,1-8,11H2. The Morgan fingerprint density at radius 3 is 2.69 bits per heavy atom. The fourth-order valence-electron chi connectivity index (χ4n) is 2.20. The second-order valence-electron chi connectivity index (χ2n) is 4.64. The van der Waals surface area contributed by atoms with Gasteiger partial charge in [0.15, 0.2) is 0 Å². The molecule has 0 bridgehead atoms. The molecular weight excluding hydrogens is 164 g/mol. The number of aliphatic hydroxyl groups is 1. The molecule has 1 aliphatic heterocycles. The van der Waals surface area contributed by atoms with Gasteiger partial charge in [-0.1, -0.05) is 0 Å². The summed E-state index contributed by atoms with van der Waals surface area (Å²) in [5.74, 6) is 0. The van der Waals surface area contributed by atoms with Crippen LogP contribution in [0.3, 0.4) is 0 Å². The van der Waals surface area contributed by atoms with Crippen molar-refractivity contribution in [3.8, 4) is 0 Å². The van der Waals surface area contributed by atoms with Crippen LogP contribution in [0, 0.1) is 0 Å². The Morgan fingerprint density at radius 2 is 2.08 bits per heavy atom. The zero-order valence-electron chi connectivity index (χ0n) is 8.21. The van der Waals surface area contributed by atoms with Gasteiger partial charge in [-0.3, -0.25) is 0 Å². The third-order valence-electron chi connectivity index (χ3n) is 3.40. The summed E-state index contributed by atoms with van der Waals surface area (Å²) in [6.45, 7) is 2.41. The largest absolute Gasteiger partial charge is 0.394 e. The molecule has 1 unspecified atom stereocenters. The highest BCUT2D eigenvalue weighted by atomic mass is 16.3. The fourth-order valence-corrected chi connectivity index (χ4v) is 2.20. The molecule has 1 atom stereocenters. The van der Waals surface area contributed by atoms with Crippen LogP contribution in [0.25, 0.3) is 0 Å². The number of rotatable bonds is 2. The molecule has 3 N–H and O–H groups in total. The smallest absolute Gasteiger partial charge is 0.0611 e. The van der Waals surface area contributed by atoms with Crippen molar-refractivity contribution in [2.45, 2.75) is 43.7 Å². The molecule has 0 aromatic rings. The van der Waals surface area contributed by atoms with Gasteiger partial charge in [-0.15, -0.1) is 0 Å². The number of likely N-dealkylation sites (tertiary alicyclic amines) is 1. The summed E-state index contributed by atoms with van der Waals surface area (Å²) >= 11 is 0.